The number of hydrogen-bond acceptors (Lipinski definition) is 8. The number of urea groups is 1. The van der Waals surface area contributed by atoms with Crippen LogP contribution in [0.3, 0.4) is 0 Å². The van der Waals surface area contributed by atoms with E-state index in [-0.39, 0.29) is 16.7 Å². The highest BCUT2D eigenvalue weighted by Crippen LogP contribution is 2.30. The molecule has 0 radical (unpaired) electrons. The zero-order chi connectivity index (χ0) is 25.9. The first-order chi connectivity index (χ1) is 17.2. The number of sulfone groups is 1. The molecule has 0 spiro atoms. The van der Waals surface area contributed by atoms with Crippen LogP contribution in [0.15, 0.2) is 70.2 Å². The van der Waals surface area contributed by atoms with E-state index in [1.807, 2.05) is 24.3 Å². The van der Waals surface area contributed by atoms with Crippen LogP contribution in [0.2, 0.25) is 0 Å². The Labute approximate surface area is 208 Å². The molecule has 0 saturated carbocycles. The number of carbonyl (C=O) groups excluding carboxylic acids is 1. The number of nitrogens with two attached hydrogens (primary N) is 1. The van der Waals surface area contributed by atoms with Crippen molar-refractivity contribution >= 4 is 21.7 Å². The molecule has 0 aliphatic rings. The molecule has 4 rings (SSSR count). The third kappa shape index (κ3) is 5.20. The van der Waals surface area contributed by atoms with Gasteiger partial charge in [-0.1, -0.05) is 41.6 Å². The smallest absolute Gasteiger partial charge is 0.314 e. The van der Waals surface area contributed by atoms with Crippen LogP contribution in [0.4, 0.5) is 10.6 Å². The van der Waals surface area contributed by atoms with Gasteiger partial charge in [-0.2, -0.15) is 0 Å². The highest BCUT2D eigenvalue weighted by molar-refractivity contribution is 7.92. The van der Waals surface area contributed by atoms with Gasteiger partial charge in [0.15, 0.2) is 27.1 Å². The normalized spacial score (nSPS) is 11.4. The Balaban J connectivity index is 1.56. The second-order valence-corrected chi connectivity index (χ2v) is 10.8. The molecule has 11 heteroatoms. The van der Waals surface area contributed by atoms with E-state index in [9.17, 15) is 13.2 Å². The van der Waals surface area contributed by atoms with Gasteiger partial charge in [0.25, 0.3) is 0 Å². The number of carbonyl (C=O) groups is 1. The predicted molar refractivity (Wildman–Crippen MR) is 136 cm³/mol. The van der Waals surface area contributed by atoms with Gasteiger partial charge in [-0.15, -0.1) is 0 Å². The first-order valence-electron chi connectivity index (χ1n) is 11.2. The van der Waals surface area contributed by atoms with Crippen molar-refractivity contribution in [2.45, 2.75) is 30.5 Å². The Morgan fingerprint density at radius 1 is 1.03 bits per heavy atom. The van der Waals surface area contributed by atoms with Gasteiger partial charge in [0, 0.05) is 30.8 Å². The Morgan fingerprint density at radius 2 is 1.67 bits per heavy atom. The lowest BCUT2D eigenvalue weighted by molar-refractivity contribution is 0.242. The number of aromatic nitrogens is 3. The minimum absolute atomic E-state index is 0.177. The molecule has 36 heavy (non-hydrogen) atoms. The second-order valence-electron chi connectivity index (χ2n) is 8.31. The van der Waals surface area contributed by atoms with Gasteiger partial charge in [0.2, 0.25) is 0 Å². The lowest BCUT2D eigenvalue weighted by Crippen LogP contribution is -2.32. The number of amides is 2. The molecule has 2 aromatic heterocycles. The summed E-state index contributed by atoms with van der Waals surface area (Å²) in [6, 6.07) is 15.5. The molecule has 0 unspecified atom stereocenters. The fraction of sp³-hybridized carbons (Fsp3) is 0.200. The fourth-order valence-corrected chi connectivity index (χ4v) is 4.45. The molecule has 10 nitrogen and oxygen atoms in total. The number of nitrogens with one attached hydrogen (secondary N) is 2. The molecule has 0 aliphatic carbocycles. The largest absolute Gasteiger partial charge is 0.382 e. The summed E-state index contributed by atoms with van der Waals surface area (Å²) in [6.45, 7) is 3.69. The number of nitrogens with zero attached hydrogens (tertiary/aromatic N) is 3. The zero-order valence-corrected chi connectivity index (χ0v) is 20.8. The average molecular weight is 507 g/mol. The van der Waals surface area contributed by atoms with E-state index in [0.29, 0.717) is 35.0 Å². The first kappa shape index (κ1) is 24.9. The lowest BCUT2D eigenvalue weighted by Gasteiger charge is -2.09. The summed E-state index contributed by atoms with van der Waals surface area (Å²) >= 11 is 0. The Kier molecular flexibility index (Phi) is 7.02. The molecular formula is C25H26N6O4S. The van der Waals surface area contributed by atoms with Crippen LogP contribution < -0.4 is 16.4 Å². The second kappa shape index (κ2) is 10.2. The van der Waals surface area contributed by atoms with E-state index in [0.717, 1.165) is 11.1 Å². The molecule has 0 atom stereocenters. The molecule has 2 aromatic carbocycles. The van der Waals surface area contributed by atoms with Crippen LogP contribution in [0.25, 0.3) is 34.0 Å². The number of hydrogen-bond donors (Lipinski definition) is 3. The van der Waals surface area contributed by atoms with Gasteiger partial charge >= 0.3 is 6.03 Å². The Bertz CT molecular complexity index is 1480. The number of nitrogen functional groups attached to an aromatic ring is 1. The number of anilines is 1. The number of rotatable bonds is 7. The maximum atomic E-state index is 12.4. The van der Waals surface area contributed by atoms with Gasteiger partial charge in [-0.05, 0) is 31.5 Å². The third-order valence-electron chi connectivity index (χ3n) is 5.57. The van der Waals surface area contributed by atoms with Crippen LogP contribution in [0.1, 0.15) is 19.4 Å². The summed E-state index contributed by atoms with van der Waals surface area (Å²) in [4.78, 5) is 20.4. The van der Waals surface area contributed by atoms with Crippen LogP contribution in [0.5, 0.6) is 0 Å². The SMILES string of the molecule is CNC(=O)NCc1ccc(-c2cc(-c3nc(-c4ccc(S(=O)(=O)C(C)C)cc4)cnc3N)on2)cc1. The van der Waals surface area contributed by atoms with Crippen LogP contribution in [-0.4, -0.2) is 41.9 Å². The first-order valence-corrected chi connectivity index (χ1v) is 12.7. The van der Waals surface area contributed by atoms with E-state index < -0.39 is 15.1 Å². The van der Waals surface area contributed by atoms with Gasteiger partial charge in [-0.25, -0.2) is 23.2 Å². The Morgan fingerprint density at radius 3 is 2.31 bits per heavy atom. The van der Waals surface area contributed by atoms with E-state index in [2.05, 4.69) is 25.8 Å². The van der Waals surface area contributed by atoms with Crippen molar-refractivity contribution in [3.8, 4) is 34.0 Å². The van der Waals surface area contributed by atoms with Gasteiger partial charge in [-0.3, -0.25) is 0 Å². The molecule has 0 aliphatic heterocycles. The van der Waals surface area contributed by atoms with Crippen molar-refractivity contribution in [3.63, 3.8) is 0 Å². The maximum absolute atomic E-state index is 12.4. The molecular weight excluding hydrogens is 480 g/mol. The highest BCUT2D eigenvalue weighted by Gasteiger charge is 2.20. The summed E-state index contributed by atoms with van der Waals surface area (Å²) in [7, 11) is -1.81. The lowest BCUT2D eigenvalue weighted by atomic mass is 10.1. The highest BCUT2D eigenvalue weighted by atomic mass is 32.2. The third-order valence-corrected chi connectivity index (χ3v) is 7.74. The summed E-state index contributed by atoms with van der Waals surface area (Å²) in [5.74, 6) is 0.525. The standard InChI is InChI=1S/C25H26N6O4S/c1-15(2)36(33,34)19-10-8-18(9-11-19)21-14-28-24(26)23(30-21)22-12-20(31-35-22)17-6-4-16(5-7-17)13-29-25(32)27-3/h4-12,14-15H,13H2,1-3H3,(H2,26,28)(H2,27,29,32). The molecule has 0 saturated heterocycles. The molecule has 2 heterocycles. The molecule has 4 aromatic rings. The van der Waals surface area contributed by atoms with Gasteiger partial charge in [0.1, 0.15) is 5.69 Å². The Hall–Kier alpha value is -4.25. The van der Waals surface area contributed by atoms with Crippen LogP contribution in [0, 0.1) is 0 Å². The topological polar surface area (TPSA) is 153 Å². The fourth-order valence-electron chi connectivity index (χ4n) is 3.39. The van der Waals surface area contributed by atoms with Crippen molar-refractivity contribution in [2.75, 3.05) is 12.8 Å². The minimum atomic E-state index is -3.37. The average Bonchev–Trinajstić information content (AvgIpc) is 3.38. The molecule has 186 valence electrons. The van der Waals surface area contributed by atoms with E-state index in [1.165, 1.54) is 6.20 Å². The molecule has 0 bridgehead atoms. The van der Waals surface area contributed by atoms with Crippen molar-refractivity contribution in [2.24, 2.45) is 0 Å². The monoisotopic (exact) mass is 506 g/mol. The van der Waals surface area contributed by atoms with Crippen molar-refractivity contribution < 1.29 is 17.7 Å². The molecule has 0 fully saturated rings. The predicted octanol–water partition coefficient (Wildman–Crippen LogP) is 3.66. The molecule has 4 N–H and O–H groups in total. The zero-order valence-electron chi connectivity index (χ0n) is 20.0. The van der Waals surface area contributed by atoms with Crippen LogP contribution >= 0.6 is 0 Å². The van der Waals surface area contributed by atoms with Crippen molar-refractivity contribution in [3.05, 3.63) is 66.4 Å². The van der Waals surface area contributed by atoms with Crippen molar-refractivity contribution in [1.29, 1.82) is 0 Å². The van der Waals surface area contributed by atoms with E-state index in [4.69, 9.17) is 10.3 Å². The minimum Gasteiger partial charge on any atom is -0.382 e. The van der Waals surface area contributed by atoms with E-state index in [1.54, 1.807) is 51.2 Å². The van der Waals surface area contributed by atoms with Crippen molar-refractivity contribution in [1.82, 2.24) is 25.8 Å². The summed E-state index contributed by atoms with van der Waals surface area (Å²) in [5, 5.41) is 8.86. The van der Waals surface area contributed by atoms with Gasteiger partial charge < -0.3 is 20.9 Å². The summed E-state index contributed by atoms with van der Waals surface area (Å²) < 4.78 is 30.3. The van der Waals surface area contributed by atoms with E-state index >= 15 is 0 Å². The number of benzene rings is 2. The summed E-state index contributed by atoms with van der Waals surface area (Å²) in [6.07, 6.45) is 1.52. The van der Waals surface area contributed by atoms with Gasteiger partial charge in [0.05, 0.1) is 22.0 Å². The molecule has 2 amide bonds. The summed E-state index contributed by atoms with van der Waals surface area (Å²) in [5.41, 5.74) is 9.94. The maximum Gasteiger partial charge on any atom is 0.314 e. The van der Waals surface area contributed by atoms with Crippen LogP contribution in [-0.2, 0) is 16.4 Å². The quantitative estimate of drug-likeness (QED) is 0.343.